The van der Waals surface area contributed by atoms with Crippen LogP contribution in [0.2, 0.25) is 0 Å². The van der Waals surface area contributed by atoms with Crippen molar-refractivity contribution in [3.63, 3.8) is 0 Å². The number of hydrogen-bond acceptors (Lipinski definition) is 5. The number of hydrogen-bond donors (Lipinski definition) is 2. The lowest BCUT2D eigenvalue weighted by Gasteiger charge is -2.14. The summed E-state index contributed by atoms with van der Waals surface area (Å²) in [6.45, 7) is 1.79. The summed E-state index contributed by atoms with van der Waals surface area (Å²) in [7, 11) is 1.62. The van der Waals surface area contributed by atoms with Crippen LogP contribution >= 0.6 is 0 Å². The SMILES string of the molecule is COCCOc1cccc(NC(=O)C2COCC2N)c1. The van der Waals surface area contributed by atoms with Crippen molar-refractivity contribution in [2.24, 2.45) is 11.7 Å². The number of amides is 1. The van der Waals surface area contributed by atoms with Crippen molar-refractivity contribution in [1.29, 1.82) is 0 Å². The summed E-state index contributed by atoms with van der Waals surface area (Å²) in [5, 5.41) is 2.83. The summed E-state index contributed by atoms with van der Waals surface area (Å²) >= 11 is 0. The first kappa shape index (κ1) is 14.8. The molecule has 1 heterocycles. The minimum Gasteiger partial charge on any atom is -0.491 e. The number of methoxy groups -OCH3 is 1. The van der Waals surface area contributed by atoms with Gasteiger partial charge in [0, 0.05) is 24.9 Å². The second kappa shape index (κ2) is 7.23. The lowest BCUT2D eigenvalue weighted by atomic mass is 10.0. The molecule has 1 saturated heterocycles. The van der Waals surface area contributed by atoms with Gasteiger partial charge in [0.1, 0.15) is 12.4 Å². The van der Waals surface area contributed by atoms with Gasteiger partial charge < -0.3 is 25.3 Å². The van der Waals surface area contributed by atoms with Gasteiger partial charge in [0.25, 0.3) is 0 Å². The zero-order chi connectivity index (χ0) is 14.4. The van der Waals surface area contributed by atoms with Crippen LogP contribution in [0.4, 0.5) is 5.69 Å². The Morgan fingerprint density at radius 1 is 1.45 bits per heavy atom. The Hall–Kier alpha value is -1.63. The summed E-state index contributed by atoms with van der Waals surface area (Å²) in [5.41, 5.74) is 6.50. The molecule has 1 aromatic rings. The quantitative estimate of drug-likeness (QED) is 0.747. The fourth-order valence-corrected chi connectivity index (χ4v) is 1.98. The Morgan fingerprint density at radius 3 is 3.00 bits per heavy atom. The van der Waals surface area contributed by atoms with Crippen molar-refractivity contribution in [3.8, 4) is 5.75 Å². The average Bonchev–Trinajstić information content (AvgIpc) is 2.86. The maximum absolute atomic E-state index is 12.1. The largest absolute Gasteiger partial charge is 0.491 e. The highest BCUT2D eigenvalue weighted by atomic mass is 16.5. The van der Waals surface area contributed by atoms with Crippen LogP contribution in [-0.2, 0) is 14.3 Å². The standard InChI is InChI=1S/C14H20N2O4/c1-18-5-6-20-11-4-2-3-10(7-11)16-14(17)12-8-19-9-13(12)15/h2-4,7,12-13H,5-6,8-9,15H2,1H3,(H,16,17). The van der Waals surface area contributed by atoms with E-state index in [1.807, 2.05) is 18.2 Å². The van der Waals surface area contributed by atoms with Gasteiger partial charge in [-0.25, -0.2) is 0 Å². The summed E-state index contributed by atoms with van der Waals surface area (Å²) < 4.78 is 15.6. The first-order valence-electron chi connectivity index (χ1n) is 6.56. The zero-order valence-electron chi connectivity index (χ0n) is 11.5. The summed E-state index contributed by atoms with van der Waals surface area (Å²) in [6, 6.07) is 6.99. The van der Waals surface area contributed by atoms with Gasteiger partial charge in [-0.05, 0) is 12.1 Å². The van der Waals surface area contributed by atoms with Gasteiger partial charge >= 0.3 is 0 Å². The molecule has 3 N–H and O–H groups in total. The van der Waals surface area contributed by atoms with Crippen LogP contribution in [0.1, 0.15) is 0 Å². The molecule has 2 rings (SSSR count). The molecule has 1 aromatic carbocycles. The second-order valence-corrected chi connectivity index (χ2v) is 4.67. The van der Waals surface area contributed by atoms with Crippen LogP contribution in [0.5, 0.6) is 5.75 Å². The molecule has 0 spiro atoms. The Labute approximate surface area is 118 Å². The molecule has 6 heteroatoms. The monoisotopic (exact) mass is 280 g/mol. The lowest BCUT2D eigenvalue weighted by Crippen LogP contribution is -2.37. The smallest absolute Gasteiger partial charge is 0.231 e. The number of ether oxygens (including phenoxy) is 3. The molecule has 0 radical (unpaired) electrons. The van der Waals surface area contributed by atoms with E-state index in [2.05, 4.69) is 5.32 Å². The van der Waals surface area contributed by atoms with Crippen molar-refractivity contribution < 1.29 is 19.0 Å². The maximum Gasteiger partial charge on any atom is 0.231 e. The molecule has 0 aliphatic carbocycles. The first-order chi connectivity index (χ1) is 9.70. The summed E-state index contributed by atoms with van der Waals surface area (Å²) in [4.78, 5) is 12.1. The number of nitrogens with two attached hydrogens (primary N) is 1. The number of anilines is 1. The fraction of sp³-hybridized carbons (Fsp3) is 0.500. The summed E-state index contributed by atoms with van der Waals surface area (Å²) in [6.07, 6.45) is 0. The van der Waals surface area contributed by atoms with E-state index in [9.17, 15) is 4.79 Å². The Morgan fingerprint density at radius 2 is 2.30 bits per heavy atom. The Kier molecular flexibility index (Phi) is 5.34. The number of rotatable bonds is 6. The van der Waals surface area contributed by atoms with Crippen LogP contribution in [0.25, 0.3) is 0 Å². The molecule has 20 heavy (non-hydrogen) atoms. The van der Waals surface area contributed by atoms with E-state index in [0.717, 1.165) is 0 Å². The molecule has 0 bridgehead atoms. The van der Waals surface area contributed by atoms with Crippen LogP contribution < -0.4 is 15.8 Å². The van der Waals surface area contributed by atoms with E-state index in [1.54, 1.807) is 13.2 Å². The predicted octanol–water partition coefficient (Wildman–Crippen LogP) is 0.624. The molecule has 0 aromatic heterocycles. The van der Waals surface area contributed by atoms with Crippen LogP contribution in [-0.4, -0.2) is 45.5 Å². The predicted molar refractivity (Wildman–Crippen MR) is 74.7 cm³/mol. The minimum atomic E-state index is -0.298. The molecule has 2 atom stereocenters. The van der Waals surface area contributed by atoms with Crippen molar-refractivity contribution in [2.45, 2.75) is 6.04 Å². The maximum atomic E-state index is 12.1. The van der Waals surface area contributed by atoms with E-state index < -0.39 is 0 Å². The number of nitrogens with one attached hydrogen (secondary N) is 1. The van der Waals surface area contributed by atoms with E-state index in [0.29, 0.717) is 37.9 Å². The molecule has 1 amide bonds. The highest BCUT2D eigenvalue weighted by molar-refractivity contribution is 5.93. The normalized spacial score (nSPS) is 21.7. The molecule has 6 nitrogen and oxygen atoms in total. The van der Waals surface area contributed by atoms with Gasteiger partial charge in [-0.3, -0.25) is 4.79 Å². The molecule has 1 fully saturated rings. The molecule has 1 aliphatic heterocycles. The molecule has 2 unspecified atom stereocenters. The third-order valence-corrected chi connectivity index (χ3v) is 3.12. The van der Waals surface area contributed by atoms with Gasteiger partial charge in [0.2, 0.25) is 5.91 Å². The average molecular weight is 280 g/mol. The van der Waals surface area contributed by atoms with Crippen LogP contribution in [0.15, 0.2) is 24.3 Å². The number of carbonyl (C=O) groups is 1. The van der Waals surface area contributed by atoms with Gasteiger partial charge in [-0.1, -0.05) is 6.07 Å². The van der Waals surface area contributed by atoms with E-state index >= 15 is 0 Å². The van der Waals surface area contributed by atoms with Gasteiger partial charge in [0.05, 0.1) is 25.7 Å². The van der Waals surface area contributed by atoms with Crippen LogP contribution in [0.3, 0.4) is 0 Å². The third-order valence-electron chi connectivity index (χ3n) is 3.12. The van der Waals surface area contributed by atoms with Crippen LogP contribution in [0, 0.1) is 5.92 Å². The minimum absolute atomic E-state index is 0.121. The lowest BCUT2D eigenvalue weighted by molar-refractivity contribution is -0.120. The highest BCUT2D eigenvalue weighted by Crippen LogP contribution is 2.19. The van der Waals surface area contributed by atoms with Gasteiger partial charge in [-0.15, -0.1) is 0 Å². The third kappa shape index (κ3) is 3.93. The van der Waals surface area contributed by atoms with E-state index in [4.69, 9.17) is 19.9 Å². The van der Waals surface area contributed by atoms with Crippen molar-refractivity contribution in [2.75, 3.05) is 38.9 Å². The molecular weight excluding hydrogens is 260 g/mol. The number of carbonyl (C=O) groups excluding carboxylic acids is 1. The van der Waals surface area contributed by atoms with Crippen molar-refractivity contribution in [3.05, 3.63) is 24.3 Å². The van der Waals surface area contributed by atoms with Gasteiger partial charge in [-0.2, -0.15) is 0 Å². The topological polar surface area (TPSA) is 82.8 Å². The fourth-order valence-electron chi connectivity index (χ4n) is 1.98. The zero-order valence-corrected chi connectivity index (χ0v) is 11.5. The summed E-state index contributed by atoms with van der Waals surface area (Å²) in [5.74, 6) is 0.268. The molecule has 0 saturated carbocycles. The molecular formula is C14H20N2O4. The van der Waals surface area contributed by atoms with E-state index in [-0.39, 0.29) is 17.9 Å². The second-order valence-electron chi connectivity index (χ2n) is 4.67. The Bertz CT molecular complexity index is 453. The van der Waals surface area contributed by atoms with E-state index in [1.165, 1.54) is 0 Å². The highest BCUT2D eigenvalue weighted by Gasteiger charge is 2.31. The number of benzene rings is 1. The van der Waals surface area contributed by atoms with Crippen molar-refractivity contribution in [1.82, 2.24) is 0 Å². The molecule has 1 aliphatic rings. The van der Waals surface area contributed by atoms with Crippen molar-refractivity contribution >= 4 is 11.6 Å². The molecule has 110 valence electrons. The first-order valence-corrected chi connectivity index (χ1v) is 6.56. The Balaban J connectivity index is 1.91. The van der Waals surface area contributed by atoms with Gasteiger partial charge in [0.15, 0.2) is 0 Å².